The molecule has 0 radical (unpaired) electrons. The lowest BCUT2D eigenvalue weighted by molar-refractivity contribution is -0.118. The molecule has 1 aromatic heterocycles. The molecule has 0 aliphatic rings. The van der Waals surface area contributed by atoms with Gasteiger partial charge < -0.3 is 10.6 Å². The van der Waals surface area contributed by atoms with Crippen LogP contribution in [0.25, 0.3) is 11.4 Å². The zero-order valence-corrected chi connectivity index (χ0v) is 14.7. The van der Waals surface area contributed by atoms with Gasteiger partial charge in [-0.1, -0.05) is 48.5 Å². The molecule has 0 atom stereocenters. The molecule has 138 valence electrons. The summed E-state index contributed by atoms with van der Waals surface area (Å²) in [6.45, 7) is 0.721. The van der Waals surface area contributed by atoms with Gasteiger partial charge in [-0.05, 0) is 23.3 Å². The topological polar surface area (TPSA) is 118 Å². The zero-order valence-electron chi connectivity index (χ0n) is 14.7. The lowest BCUT2D eigenvalue weighted by Crippen LogP contribution is -2.36. The van der Waals surface area contributed by atoms with Gasteiger partial charge in [-0.2, -0.15) is 5.21 Å². The minimum absolute atomic E-state index is 0.102. The molecule has 8 nitrogen and oxygen atoms in total. The highest BCUT2D eigenvalue weighted by atomic mass is 16.2. The maximum absolute atomic E-state index is 13.2. The smallest absolute Gasteiger partial charge is 0.254 e. The van der Waals surface area contributed by atoms with E-state index in [0.717, 1.165) is 5.56 Å². The van der Waals surface area contributed by atoms with Crippen molar-refractivity contribution in [2.45, 2.75) is 12.8 Å². The SMILES string of the molecule is NC(=O)CCN(CCc1ccccc1)C(=O)c1ccccc1-c1nn[nH]n1. The van der Waals surface area contributed by atoms with Gasteiger partial charge in [0.15, 0.2) is 0 Å². The Hall–Kier alpha value is -3.55. The van der Waals surface area contributed by atoms with E-state index in [9.17, 15) is 9.59 Å². The second kappa shape index (κ2) is 8.70. The van der Waals surface area contributed by atoms with Crippen LogP contribution in [0, 0.1) is 0 Å². The second-order valence-corrected chi connectivity index (χ2v) is 6.03. The van der Waals surface area contributed by atoms with Crippen molar-refractivity contribution in [2.24, 2.45) is 5.73 Å². The fourth-order valence-electron chi connectivity index (χ4n) is 2.78. The van der Waals surface area contributed by atoms with Crippen molar-refractivity contribution in [3.05, 3.63) is 65.7 Å². The van der Waals surface area contributed by atoms with Crippen LogP contribution in [0.2, 0.25) is 0 Å². The van der Waals surface area contributed by atoms with Crippen molar-refractivity contribution in [1.82, 2.24) is 25.5 Å². The fourth-order valence-corrected chi connectivity index (χ4v) is 2.78. The first-order valence-corrected chi connectivity index (χ1v) is 8.59. The second-order valence-electron chi connectivity index (χ2n) is 6.03. The highest BCUT2D eigenvalue weighted by Gasteiger charge is 2.21. The van der Waals surface area contributed by atoms with Crippen LogP contribution in [0.3, 0.4) is 0 Å². The molecule has 8 heteroatoms. The molecule has 27 heavy (non-hydrogen) atoms. The lowest BCUT2D eigenvalue weighted by Gasteiger charge is -2.23. The van der Waals surface area contributed by atoms with E-state index in [-0.39, 0.29) is 18.9 Å². The van der Waals surface area contributed by atoms with Crippen molar-refractivity contribution in [3.63, 3.8) is 0 Å². The van der Waals surface area contributed by atoms with E-state index in [1.807, 2.05) is 30.3 Å². The summed E-state index contributed by atoms with van der Waals surface area (Å²) in [5, 5.41) is 13.9. The summed E-state index contributed by atoms with van der Waals surface area (Å²) < 4.78 is 0. The van der Waals surface area contributed by atoms with E-state index in [0.29, 0.717) is 29.9 Å². The fraction of sp³-hybridized carbons (Fsp3) is 0.211. The van der Waals surface area contributed by atoms with Crippen LogP contribution in [0.5, 0.6) is 0 Å². The Kier molecular flexibility index (Phi) is 5.88. The molecule has 0 bridgehead atoms. The predicted molar refractivity (Wildman–Crippen MR) is 99.5 cm³/mol. The Morgan fingerprint density at radius 1 is 1.00 bits per heavy atom. The summed E-state index contributed by atoms with van der Waals surface area (Å²) >= 11 is 0. The Labute approximate surface area is 156 Å². The maximum Gasteiger partial charge on any atom is 0.254 e. The minimum atomic E-state index is -0.445. The van der Waals surface area contributed by atoms with Crippen molar-refractivity contribution in [1.29, 1.82) is 0 Å². The molecule has 0 aliphatic carbocycles. The molecule has 0 saturated heterocycles. The molecule has 2 aromatic carbocycles. The summed E-state index contributed by atoms with van der Waals surface area (Å²) in [6.07, 6.45) is 0.778. The first kappa shape index (κ1) is 18.2. The number of tetrazole rings is 1. The Morgan fingerprint density at radius 3 is 2.44 bits per heavy atom. The molecule has 3 rings (SSSR count). The van der Waals surface area contributed by atoms with Crippen LogP contribution < -0.4 is 5.73 Å². The maximum atomic E-state index is 13.2. The van der Waals surface area contributed by atoms with Crippen LogP contribution in [0.1, 0.15) is 22.3 Å². The van der Waals surface area contributed by atoms with Crippen molar-refractivity contribution >= 4 is 11.8 Å². The average molecular weight is 364 g/mol. The van der Waals surface area contributed by atoms with Crippen LogP contribution in [-0.2, 0) is 11.2 Å². The number of aromatic nitrogens is 4. The van der Waals surface area contributed by atoms with Crippen LogP contribution in [-0.4, -0.2) is 50.4 Å². The van der Waals surface area contributed by atoms with E-state index in [1.165, 1.54) is 0 Å². The average Bonchev–Trinajstić information content (AvgIpc) is 3.23. The monoisotopic (exact) mass is 364 g/mol. The first-order valence-electron chi connectivity index (χ1n) is 8.59. The van der Waals surface area contributed by atoms with Gasteiger partial charge in [0.05, 0.1) is 5.56 Å². The summed E-state index contributed by atoms with van der Waals surface area (Å²) in [5.41, 5.74) is 7.43. The molecule has 0 aliphatic heterocycles. The van der Waals surface area contributed by atoms with Crippen molar-refractivity contribution < 1.29 is 9.59 Å². The number of hydrogen-bond donors (Lipinski definition) is 2. The summed E-state index contributed by atoms with van der Waals surface area (Å²) in [7, 11) is 0. The lowest BCUT2D eigenvalue weighted by atomic mass is 10.0. The number of carbonyl (C=O) groups is 2. The number of benzene rings is 2. The Bertz CT molecular complexity index is 896. The highest BCUT2D eigenvalue weighted by Crippen LogP contribution is 2.21. The van der Waals surface area contributed by atoms with Crippen LogP contribution in [0.4, 0.5) is 0 Å². The van der Waals surface area contributed by atoms with Gasteiger partial charge in [0, 0.05) is 25.1 Å². The number of amides is 2. The number of primary amides is 1. The normalized spacial score (nSPS) is 10.5. The van der Waals surface area contributed by atoms with Crippen LogP contribution >= 0.6 is 0 Å². The van der Waals surface area contributed by atoms with Gasteiger partial charge in [0.25, 0.3) is 5.91 Å². The number of hydrogen-bond acceptors (Lipinski definition) is 5. The van der Waals surface area contributed by atoms with E-state index in [2.05, 4.69) is 20.6 Å². The number of carbonyl (C=O) groups excluding carboxylic acids is 2. The molecule has 0 fully saturated rings. The third kappa shape index (κ3) is 4.75. The summed E-state index contributed by atoms with van der Waals surface area (Å²) in [6, 6.07) is 16.9. The number of nitrogens with zero attached hydrogens (tertiary/aromatic N) is 4. The third-order valence-electron chi connectivity index (χ3n) is 4.17. The molecule has 3 N–H and O–H groups in total. The van der Waals surface area contributed by atoms with Gasteiger partial charge in [-0.15, -0.1) is 10.2 Å². The quantitative estimate of drug-likeness (QED) is 0.627. The number of nitrogens with one attached hydrogen (secondary N) is 1. The minimum Gasteiger partial charge on any atom is -0.370 e. The molecule has 0 saturated carbocycles. The number of aromatic amines is 1. The first-order chi connectivity index (χ1) is 13.1. The van der Waals surface area contributed by atoms with E-state index in [4.69, 9.17) is 5.73 Å². The van der Waals surface area contributed by atoms with Crippen molar-refractivity contribution in [2.75, 3.05) is 13.1 Å². The van der Waals surface area contributed by atoms with E-state index >= 15 is 0 Å². The molecular formula is C19H20N6O2. The molecule has 2 amide bonds. The largest absolute Gasteiger partial charge is 0.370 e. The molecule has 1 heterocycles. The number of nitrogens with two attached hydrogens (primary N) is 1. The van der Waals surface area contributed by atoms with Crippen molar-refractivity contribution in [3.8, 4) is 11.4 Å². The van der Waals surface area contributed by atoms with Gasteiger partial charge in [0.2, 0.25) is 11.7 Å². The molecule has 0 unspecified atom stereocenters. The Morgan fingerprint density at radius 2 is 1.74 bits per heavy atom. The van der Waals surface area contributed by atoms with Gasteiger partial charge in [-0.3, -0.25) is 9.59 Å². The summed E-state index contributed by atoms with van der Waals surface area (Å²) in [4.78, 5) is 26.1. The van der Waals surface area contributed by atoms with Gasteiger partial charge in [-0.25, -0.2) is 0 Å². The highest BCUT2D eigenvalue weighted by molar-refractivity contribution is 6.00. The number of H-pyrrole nitrogens is 1. The zero-order chi connectivity index (χ0) is 19.1. The third-order valence-corrected chi connectivity index (χ3v) is 4.17. The van der Waals surface area contributed by atoms with E-state index < -0.39 is 5.91 Å². The predicted octanol–water partition coefficient (Wildman–Crippen LogP) is 1.43. The number of rotatable bonds is 8. The van der Waals surface area contributed by atoms with Crippen LogP contribution in [0.15, 0.2) is 54.6 Å². The van der Waals surface area contributed by atoms with E-state index in [1.54, 1.807) is 29.2 Å². The summed E-state index contributed by atoms with van der Waals surface area (Å²) in [5.74, 6) is -0.302. The molecule has 3 aromatic rings. The van der Waals surface area contributed by atoms with Gasteiger partial charge in [0.1, 0.15) is 0 Å². The molecule has 0 spiro atoms. The van der Waals surface area contributed by atoms with Gasteiger partial charge >= 0.3 is 0 Å². The molecular weight excluding hydrogens is 344 g/mol. The Balaban J connectivity index is 1.83. The standard InChI is InChI=1S/C19H20N6O2/c20-17(26)11-13-25(12-10-14-6-2-1-3-7-14)19(27)16-9-5-4-8-15(16)18-21-23-24-22-18/h1-9H,10-13H2,(H2,20,26)(H,21,22,23,24).